The summed E-state index contributed by atoms with van der Waals surface area (Å²) in [6, 6.07) is 9.32. The number of carbonyl (C=O) groups excluding carboxylic acids is 1. The molecule has 2 aliphatic heterocycles. The normalized spacial score (nSPS) is 21.6. The van der Waals surface area contributed by atoms with Gasteiger partial charge in [0.25, 0.3) is 0 Å². The van der Waals surface area contributed by atoms with Gasteiger partial charge in [0.15, 0.2) is 0 Å². The van der Waals surface area contributed by atoms with Crippen LogP contribution in [0.5, 0.6) is 0 Å². The van der Waals surface area contributed by atoms with Crippen molar-refractivity contribution in [2.24, 2.45) is 0 Å². The predicted molar refractivity (Wildman–Crippen MR) is 115 cm³/mol. The van der Waals surface area contributed by atoms with Crippen molar-refractivity contribution in [3.05, 3.63) is 41.5 Å². The Morgan fingerprint density at radius 2 is 1.79 bits per heavy atom. The summed E-state index contributed by atoms with van der Waals surface area (Å²) in [6.45, 7) is 15.2. The van der Waals surface area contributed by atoms with Crippen molar-refractivity contribution in [3.8, 4) is 0 Å². The first-order valence-corrected chi connectivity index (χ1v) is 10.6. The molecule has 2 aliphatic rings. The Morgan fingerprint density at radius 3 is 2.39 bits per heavy atom. The lowest BCUT2D eigenvalue weighted by atomic mass is 9.89. The molecule has 1 amide bonds. The van der Waals surface area contributed by atoms with E-state index in [0.29, 0.717) is 19.1 Å². The minimum Gasteiger partial charge on any atom is -0.444 e. The van der Waals surface area contributed by atoms with Crippen LogP contribution in [0.2, 0.25) is 0 Å². The summed E-state index contributed by atoms with van der Waals surface area (Å²) in [6.07, 6.45) is 5.33. The van der Waals surface area contributed by atoms with E-state index in [9.17, 15) is 4.79 Å². The Morgan fingerprint density at radius 1 is 1.07 bits per heavy atom. The number of likely N-dealkylation sites (tertiary alicyclic amines) is 1. The second kappa shape index (κ2) is 7.90. The fourth-order valence-corrected chi connectivity index (χ4v) is 4.38. The Labute approximate surface area is 170 Å². The molecule has 2 heterocycles. The van der Waals surface area contributed by atoms with E-state index in [1.54, 1.807) is 4.90 Å². The quantitative estimate of drug-likeness (QED) is 0.661. The van der Waals surface area contributed by atoms with Gasteiger partial charge in [0.1, 0.15) is 5.60 Å². The van der Waals surface area contributed by atoms with Gasteiger partial charge in [-0.25, -0.2) is 4.79 Å². The minimum absolute atomic E-state index is 0.169. The molecule has 1 fully saturated rings. The highest BCUT2D eigenvalue weighted by molar-refractivity contribution is 5.74. The fourth-order valence-electron chi connectivity index (χ4n) is 4.38. The largest absolute Gasteiger partial charge is 0.444 e. The van der Waals surface area contributed by atoms with Crippen LogP contribution in [0.25, 0.3) is 5.57 Å². The zero-order valence-electron chi connectivity index (χ0n) is 18.4. The first-order chi connectivity index (χ1) is 13.1. The summed E-state index contributed by atoms with van der Waals surface area (Å²) in [7, 11) is 0. The molecule has 0 aromatic heterocycles. The van der Waals surface area contributed by atoms with E-state index in [2.05, 4.69) is 56.0 Å². The van der Waals surface area contributed by atoms with E-state index < -0.39 is 5.60 Å². The number of amides is 1. The molecule has 154 valence electrons. The van der Waals surface area contributed by atoms with Crippen LogP contribution in [0.1, 0.15) is 78.0 Å². The van der Waals surface area contributed by atoms with Crippen LogP contribution in [-0.2, 0) is 4.74 Å². The molecule has 1 aromatic carbocycles. The van der Waals surface area contributed by atoms with E-state index in [4.69, 9.17) is 4.74 Å². The molecule has 1 atom stereocenters. The predicted octanol–water partition coefficient (Wildman–Crippen LogP) is 5.65. The fraction of sp³-hybridized carbons (Fsp3) is 0.625. The monoisotopic (exact) mass is 384 g/mol. The standard InChI is InChI=1S/C24H36N2O2/c1-23(2,3)26-15-9-12-21(26)20-11-8-7-10-19(20)18-13-16-25(17-14-18)22(27)28-24(4,5)6/h7-8,10-11,13,21H,9,12,14-17H2,1-6H3. The molecule has 1 saturated heterocycles. The zero-order valence-corrected chi connectivity index (χ0v) is 18.4. The Kier molecular flexibility index (Phi) is 5.90. The van der Waals surface area contributed by atoms with Gasteiger partial charge in [0, 0.05) is 24.7 Å². The van der Waals surface area contributed by atoms with Crippen LogP contribution >= 0.6 is 0 Å². The van der Waals surface area contributed by atoms with Crippen molar-refractivity contribution >= 4 is 11.7 Å². The lowest BCUT2D eigenvalue weighted by Gasteiger charge is -2.38. The molecule has 0 saturated carbocycles. The highest BCUT2D eigenvalue weighted by Crippen LogP contribution is 2.40. The number of benzene rings is 1. The second-order valence-corrected chi connectivity index (χ2v) is 10.0. The van der Waals surface area contributed by atoms with Crippen LogP contribution in [0.15, 0.2) is 30.3 Å². The van der Waals surface area contributed by atoms with Gasteiger partial charge in [-0.15, -0.1) is 0 Å². The van der Waals surface area contributed by atoms with Crippen molar-refractivity contribution in [3.63, 3.8) is 0 Å². The van der Waals surface area contributed by atoms with E-state index >= 15 is 0 Å². The Bertz CT molecular complexity index is 740. The molecule has 4 nitrogen and oxygen atoms in total. The average Bonchev–Trinajstić information content (AvgIpc) is 3.10. The molecule has 0 radical (unpaired) electrons. The maximum atomic E-state index is 12.4. The summed E-state index contributed by atoms with van der Waals surface area (Å²) in [5.41, 5.74) is 3.87. The van der Waals surface area contributed by atoms with Crippen molar-refractivity contribution < 1.29 is 9.53 Å². The number of rotatable bonds is 2. The number of carbonyl (C=O) groups is 1. The highest BCUT2D eigenvalue weighted by Gasteiger charge is 2.35. The van der Waals surface area contributed by atoms with Crippen molar-refractivity contribution in [1.82, 2.24) is 9.80 Å². The molecule has 4 heteroatoms. The van der Waals surface area contributed by atoms with Gasteiger partial charge in [-0.05, 0) is 84.0 Å². The van der Waals surface area contributed by atoms with Crippen LogP contribution in [0, 0.1) is 0 Å². The van der Waals surface area contributed by atoms with E-state index in [0.717, 1.165) is 13.0 Å². The summed E-state index contributed by atoms with van der Waals surface area (Å²) in [4.78, 5) is 16.8. The Balaban J connectivity index is 1.80. The van der Waals surface area contributed by atoms with Crippen LogP contribution in [-0.4, -0.2) is 46.7 Å². The minimum atomic E-state index is -0.452. The maximum absolute atomic E-state index is 12.4. The van der Waals surface area contributed by atoms with Crippen molar-refractivity contribution in [2.45, 2.75) is 78.0 Å². The molecular formula is C24H36N2O2. The lowest BCUT2D eigenvalue weighted by molar-refractivity contribution is 0.0270. The van der Waals surface area contributed by atoms with Gasteiger partial charge in [-0.2, -0.15) is 0 Å². The van der Waals surface area contributed by atoms with Crippen LogP contribution in [0.4, 0.5) is 4.79 Å². The van der Waals surface area contributed by atoms with E-state index in [1.807, 2.05) is 20.8 Å². The van der Waals surface area contributed by atoms with E-state index in [1.165, 1.54) is 29.5 Å². The van der Waals surface area contributed by atoms with E-state index in [-0.39, 0.29) is 11.6 Å². The number of hydrogen-bond donors (Lipinski definition) is 0. The lowest BCUT2D eigenvalue weighted by Crippen LogP contribution is -2.41. The SMILES string of the molecule is CC(C)(C)OC(=O)N1CC=C(c2ccccc2C2CCCN2C(C)(C)C)CC1. The second-order valence-electron chi connectivity index (χ2n) is 10.0. The highest BCUT2D eigenvalue weighted by atomic mass is 16.6. The smallest absolute Gasteiger partial charge is 0.410 e. The molecular weight excluding hydrogens is 348 g/mol. The first kappa shape index (κ1) is 20.9. The summed E-state index contributed by atoms with van der Waals surface area (Å²) < 4.78 is 5.53. The summed E-state index contributed by atoms with van der Waals surface area (Å²) in [5, 5.41) is 0. The third-order valence-corrected chi connectivity index (χ3v) is 5.64. The third-order valence-electron chi connectivity index (χ3n) is 5.64. The number of ether oxygens (including phenoxy) is 1. The molecule has 1 aromatic rings. The summed E-state index contributed by atoms with van der Waals surface area (Å²) in [5.74, 6) is 0. The molecule has 0 bridgehead atoms. The maximum Gasteiger partial charge on any atom is 0.410 e. The van der Waals surface area contributed by atoms with Gasteiger partial charge < -0.3 is 9.64 Å². The number of hydrogen-bond acceptors (Lipinski definition) is 3. The summed E-state index contributed by atoms with van der Waals surface area (Å²) >= 11 is 0. The van der Waals surface area contributed by atoms with Gasteiger partial charge in [-0.3, -0.25) is 4.90 Å². The molecule has 0 spiro atoms. The Hall–Kier alpha value is -1.81. The van der Waals surface area contributed by atoms with Gasteiger partial charge in [0.2, 0.25) is 0 Å². The van der Waals surface area contributed by atoms with Crippen molar-refractivity contribution in [2.75, 3.05) is 19.6 Å². The molecule has 1 unspecified atom stereocenters. The van der Waals surface area contributed by atoms with Gasteiger partial charge in [-0.1, -0.05) is 30.3 Å². The van der Waals surface area contributed by atoms with Crippen molar-refractivity contribution in [1.29, 1.82) is 0 Å². The molecule has 3 rings (SSSR count). The van der Waals surface area contributed by atoms with Gasteiger partial charge >= 0.3 is 6.09 Å². The average molecular weight is 385 g/mol. The van der Waals surface area contributed by atoms with Crippen LogP contribution in [0.3, 0.4) is 0 Å². The molecule has 0 aliphatic carbocycles. The van der Waals surface area contributed by atoms with Gasteiger partial charge in [0.05, 0.1) is 0 Å². The van der Waals surface area contributed by atoms with Crippen LogP contribution < -0.4 is 0 Å². The first-order valence-electron chi connectivity index (χ1n) is 10.6. The molecule has 0 N–H and O–H groups in total. The molecule has 28 heavy (non-hydrogen) atoms. The number of nitrogens with zero attached hydrogens (tertiary/aromatic N) is 2. The third kappa shape index (κ3) is 4.78. The topological polar surface area (TPSA) is 32.8 Å². The zero-order chi connectivity index (χ0) is 20.5.